The fourth-order valence-corrected chi connectivity index (χ4v) is 6.54. The molecule has 10 nitrogen and oxygen atoms in total. The fraction of sp³-hybridized carbons (Fsp3) is 0.487. The van der Waals surface area contributed by atoms with Crippen LogP contribution in [0, 0.1) is 0 Å². The summed E-state index contributed by atoms with van der Waals surface area (Å²) in [5, 5.41) is 25.5. The van der Waals surface area contributed by atoms with Crippen LogP contribution in [0.5, 0.6) is 5.75 Å². The molecule has 1 fully saturated rings. The Kier molecular flexibility index (Phi) is 12.7. The van der Waals surface area contributed by atoms with E-state index in [1.54, 1.807) is 25.7 Å². The van der Waals surface area contributed by atoms with Crippen LogP contribution in [0.25, 0.3) is 0 Å². The number of nitrogens with zero attached hydrogens (tertiary/aromatic N) is 2. The Morgan fingerprint density at radius 2 is 1.71 bits per heavy atom. The lowest BCUT2D eigenvalue weighted by molar-refractivity contribution is -0.137. The van der Waals surface area contributed by atoms with Crippen LogP contribution in [0.4, 0.5) is 4.79 Å². The van der Waals surface area contributed by atoms with Crippen molar-refractivity contribution in [2.24, 2.45) is 0 Å². The zero-order chi connectivity index (χ0) is 34.8. The predicted octanol–water partition coefficient (Wildman–Crippen LogP) is 4.66. The molecule has 264 valence electrons. The van der Waals surface area contributed by atoms with Crippen molar-refractivity contribution in [3.05, 3.63) is 101 Å². The number of alkyl carbamates (subject to hydrolysis) is 1. The highest BCUT2D eigenvalue weighted by Crippen LogP contribution is 2.37. The molecule has 5 rings (SSSR count). The molecule has 2 aliphatic rings. The minimum absolute atomic E-state index is 0.0174. The lowest BCUT2D eigenvalue weighted by atomic mass is 9.97. The Bertz CT molecular complexity index is 1510. The van der Waals surface area contributed by atoms with Gasteiger partial charge in [0.15, 0.2) is 0 Å². The largest absolute Gasteiger partial charge is 0.492 e. The molecule has 3 N–H and O–H groups in total. The van der Waals surface area contributed by atoms with Gasteiger partial charge in [-0.3, -0.25) is 9.69 Å². The summed E-state index contributed by atoms with van der Waals surface area (Å²) in [5.41, 5.74) is 3.06. The molecule has 1 aliphatic heterocycles. The number of rotatable bonds is 14. The van der Waals surface area contributed by atoms with Crippen molar-refractivity contribution in [1.29, 1.82) is 0 Å². The highest BCUT2D eigenvalue weighted by Gasteiger charge is 2.38. The van der Waals surface area contributed by atoms with Gasteiger partial charge in [0, 0.05) is 39.0 Å². The minimum Gasteiger partial charge on any atom is -0.492 e. The van der Waals surface area contributed by atoms with Gasteiger partial charge >= 0.3 is 6.09 Å². The summed E-state index contributed by atoms with van der Waals surface area (Å²) >= 11 is 0. The average molecular weight is 674 g/mol. The van der Waals surface area contributed by atoms with Crippen LogP contribution in [0.2, 0.25) is 0 Å². The van der Waals surface area contributed by atoms with Crippen LogP contribution in [0.3, 0.4) is 0 Å². The molecule has 2 amide bonds. The topological polar surface area (TPSA) is 121 Å². The monoisotopic (exact) mass is 673 g/mol. The molecule has 0 unspecified atom stereocenters. The van der Waals surface area contributed by atoms with Crippen LogP contribution in [-0.2, 0) is 33.7 Å². The number of nitrogens with one attached hydrogen (secondary N) is 1. The van der Waals surface area contributed by atoms with E-state index in [0.29, 0.717) is 19.4 Å². The summed E-state index contributed by atoms with van der Waals surface area (Å²) in [6.45, 7) is 10.2. The summed E-state index contributed by atoms with van der Waals surface area (Å²) in [6, 6.07) is 23.9. The first-order valence-corrected chi connectivity index (χ1v) is 17.3. The highest BCUT2D eigenvalue weighted by atomic mass is 16.6. The number of amides is 2. The lowest BCUT2D eigenvalue weighted by Gasteiger charge is -2.33. The van der Waals surface area contributed by atoms with Gasteiger partial charge in [-0.05, 0) is 68.0 Å². The normalized spacial score (nSPS) is 19.0. The number of morpholine rings is 1. The van der Waals surface area contributed by atoms with Gasteiger partial charge in [-0.15, -0.1) is 0 Å². The first kappa shape index (κ1) is 36.3. The Hall–Kier alpha value is -3.96. The molecule has 10 heteroatoms. The van der Waals surface area contributed by atoms with Crippen LogP contribution in [0.15, 0.2) is 78.9 Å². The summed E-state index contributed by atoms with van der Waals surface area (Å²) < 4.78 is 17.0. The van der Waals surface area contributed by atoms with Gasteiger partial charge < -0.3 is 34.6 Å². The highest BCUT2D eigenvalue weighted by molar-refractivity contribution is 5.77. The molecule has 0 bridgehead atoms. The van der Waals surface area contributed by atoms with Gasteiger partial charge in [0.25, 0.3) is 0 Å². The summed E-state index contributed by atoms with van der Waals surface area (Å²) in [7, 11) is 0. The van der Waals surface area contributed by atoms with E-state index in [-0.39, 0.29) is 25.3 Å². The molecular formula is C39H51N3O7. The van der Waals surface area contributed by atoms with Crippen LogP contribution >= 0.6 is 0 Å². The molecule has 0 radical (unpaired) electrons. The fourth-order valence-electron chi connectivity index (χ4n) is 6.54. The molecule has 3 aromatic rings. The maximum Gasteiger partial charge on any atom is 0.407 e. The lowest BCUT2D eigenvalue weighted by Crippen LogP contribution is -2.47. The Labute approximate surface area is 290 Å². The van der Waals surface area contributed by atoms with E-state index in [1.165, 1.54) is 0 Å². The van der Waals surface area contributed by atoms with E-state index in [0.717, 1.165) is 60.9 Å². The molecule has 49 heavy (non-hydrogen) atoms. The van der Waals surface area contributed by atoms with Gasteiger partial charge in [0.2, 0.25) is 5.91 Å². The van der Waals surface area contributed by atoms with Crippen LogP contribution in [-0.4, -0.2) is 95.3 Å². The van der Waals surface area contributed by atoms with Crippen molar-refractivity contribution < 1.29 is 34.0 Å². The summed E-state index contributed by atoms with van der Waals surface area (Å²) in [5.74, 6) is 0.520. The van der Waals surface area contributed by atoms with E-state index in [9.17, 15) is 19.8 Å². The standard InChI is InChI=1S/C39H51N3O7/c1-39(2,3)49-38(46)40-33(25-28-10-5-4-6-11-28)34(43)16-17-36(45)42(37-32-15-8-7-13-30(32)26-35(37)44)27-29-12-9-14-31(24-29)48-23-20-41-18-21-47-22-19-41/h4-15,24,33-35,37,43-44H,16-23,25-27H2,1-3H3,(H,40,46)/t33-,34-,35+,37-/m0/s1. The molecule has 1 heterocycles. The van der Waals surface area contributed by atoms with Crippen molar-refractivity contribution in [2.75, 3.05) is 39.5 Å². The van der Waals surface area contributed by atoms with Gasteiger partial charge in [0.1, 0.15) is 18.0 Å². The number of aliphatic hydroxyl groups excluding tert-OH is 2. The number of hydrogen-bond acceptors (Lipinski definition) is 8. The third-order valence-electron chi connectivity index (χ3n) is 8.97. The summed E-state index contributed by atoms with van der Waals surface area (Å²) in [6.07, 6.45) is -1.47. The van der Waals surface area contributed by atoms with E-state index in [4.69, 9.17) is 14.2 Å². The van der Waals surface area contributed by atoms with Crippen molar-refractivity contribution in [1.82, 2.24) is 15.1 Å². The second kappa shape index (κ2) is 17.1. The minimum atomic E-state index is -1.03. The molecule has 0 spiro atoms. The molecule has 1 aliphatic carbocycles. The SMILES string of the molecule is CC(C)(C)OC(=O)N[C@@H](Cc1ccccc1)[C@@H](O)CCC(=O)N(Cc1cccc(OCCN2CCOCC2)c1)[C@H]1c2ccccc2C[C@H]1O. The average Bonchev–Trinajstić information content (AvgIpc) is 3.41. The third-order valence-corrected chi connectivity index (χ3v) is 8.97. The number of aliphatic hydroxyl groups is 2. The van der Waals surface area contributed by atoms with Gasteiger partial charge in [-0.25, -0.2) is 4.79 Å². The predicted molar refractivity (Wildman–Crippen MR) is 187 cm³/mol. The van der Waals surface area contributed by atoms with Crippen molar-refractivity contribution in [2.45, 2.75) is 82.9 Å². The Morgan fingerprint density at radius 1 is 1.00 bits per heavy atom. The summed E-state index contributed by atoms with van der Waals surface area (Å²) in [4.78, 5) is 31.0. The van der Waals surface area contributed by atoms with E-state index in [2.05, 4.69) is 10.2 Å². The molecule has 0 aromatic heterocycles. The second-order valence-electron chi connectivity index (χ2n) is 13.9. The van der Waals surface area contributed by atoms with Crippen molar-refractivity contribution >= 4 is 12.0 Å². The van der Waals surface area contributed by atoms with Crippen LogP contribution in [0.1, 0.15) is 61.9 Å². The van der Waals surface area contributed by atoms with Gasteiger partial charge in [-0.1, -0.05) is 66.7 Å². The number of ether oxygens (including phenoxy) is 3. The molecular weight excluding hydrogens is 622 g/mol. The number of carbonyl (C=O) groups is 2. The van der Waals surface area contributed by atoms with E-state index in [1.807, 2.05) is 78.9 Å². The molecule has 3 aromatic carbocycles. The van der Waals surface area contributed by atoms with Crippen LogP contribution < -0.4 is 10.1 Å². The Balaban J connectivity index is 1.30. The third kappa shape index (κ3) is 10.8. The zero-order valence-electron chi connectivity index (χ0n) is 28.9. The smallest absolute Gasteiger partial charge is 0.407 e. The second-order valence-corrected chi connectivity index (χ2v) is 13.9. The first-order chi connectivity index (χ1) is 23.6. The Morgan fingerprint density at radius 3 is 2.47 bits per heavy atom. The van der Waals surface area contributed by atoms with E-state index >= 15 is 0 Å². The number of benzene rings is 3. The number of fused-ring (bicyclic) bond motifs is 1. The maximum atomic E-state index is 14.2. The van der Waals surface area contributed by atoms with E-state index < -0.39 is 36.0 Å². The first-order valence-electron chi connectivity index (χ1n) is 17.3. The molecule has 4 atom stereocenters. The van der Waals surface area contributed by atoms with Crippen molar-refractivity contribution in [3.63, 3.8) is 0 Å². The quantitative estimate of drug-likeness (QED) is 0.226. The zero-order valence-corrected chi connectivity index (χ0v) is 28.9. The van der Waals surface area contributed by atoms with Crippen molar-refractivity contribution in [3.8, 4) is 5.75 Å². The number of carbonyl (C=O) groups excluding carboxylic acids is 2. The maximum absolute atomic E-state index is 14.2. The molecule has 0 saturated carbocycles. The molecule has 1 saturated heterocycles. The van der Waals surface area contributed by atoms with Gasteiger partial charge in [0.05, 0.1) is 37.5 Å². The van der Waals surface area contributed by atoms with Gasteiger partial charge in [-0.2, -0.15) is 0 Å². The number of hydrogen-bond donors (Lipinski definition) is 3.